The molecule has 0 radical (unpaired) electrons. The van der Waals surface area contributed by atoms with Gasteiger partial charge in [0.2, 0.25) is 0 Å². The molecule has 1 unspecified atom stereocenters. The molecule has 0 aliphatic carbocycles. The number of rotatable bonds is 5. The molecular formula is C22H24N4O5. The first kappa shape index (κ1) is 21.0. The lowest BCUT2D eigenvalue weighted by molar-refractivity contribution is -0.0476. The van der Waals surface area contributed by atoms with Crippen molar-refractivity contribution in [2.75, 3.05) is 12.3 Å². The molecule has 31 heavy (non-hydrogen) atoms. The Morgan fingerprint density at radius 2 is 2.00 bits per heavy atom. The summed E-state index contributed by atoms with van der Waals surface area (Å²) in [4.78, 5) is 29.0. The van der Waals surface area contributed by atoms with Crippen LogP contribution in [0.1, 0.15) is 29.1 Å². The summed E-state index contributed by atoms with van der Waals surface area (Å²) in [6.45, 7) is 1.56. The highest BCUT2D eigenvalue weighted by Gasteiger charge is 2.42. The maximum absolute atomic E-state index is 12.8. The van der Waals surface area contributed by atoms with E-state index in [-0.39, 0.29) is 17.9 Å². The lowest BCUT2D eigenvalue weighted by Crippen LogP contribution is -2.34. The molecule has 2 heterocycles. The molecule has 162 valence electrons. The maximum atomic E-state index is 12.8. The molecule has 0 spiro atoms. The molecule has 1 amide bonds. The number of carbonyl (C=O) groups excluding carboxylic acids is 1. The van der Waals surface area contributed by atoms with Crippen LogP contribution in [0.15, 0.2) is 53.5 Å². The van der Waals surface area contributed by atoms with Crippen molar-refractivity contribution in [1.29, 1.82) is 0 Å². The normalized spacial score (nSPS) is 23.2. The number of hydrogen-bond donors (Lipinski definition) is 4. The standard InChI is InChI=1S/C22H24N4O5/c1-12-18(28)17(11-27)31-21(12)26-10-16(19(23)25-22(26)30)20(29)24-9-14-7-4-6-13-5-2-3-8-15(13)14/h2-8,10,12,17-18,21,27-28H,9,11H2,1H3,(H,24,29)(H2,23,25,30)/t12-,17+,18?,21+/m0/s1. The summed E-state index contributed by atoms with van der Waals surface area (Å²) in [5.74, 6) is -1.18. The summed E-state index contributed by atoms with van der Waals surface area (Å²) in [7, 11) is 0. The third kappa shape index (κ3) is 3.90. The van der Waals surface area contributed by atoms with Crippen molar-refractivity contribution in [2.24, 2.45) is 5.92 Å². The number of nitrogens with one attached hydrogen (secondary N) is 1. The first-order valence-corrected chi connectivity index (χ1v) is 9.98. The second kappa shape index (κ2) is 8.46. The van der Waals surface area contributed by atoms with Crippen molar-refractivity contribution in [3.8, 4) is 0 Å². The van der Waals surface area contributed by atoms with Crippen molar-refractivity contribution in [1.82, 2.24) is 14.9 Å². The van der Waals surface area contributed by atoms with E-state index in [1.165, 1.54) is 6.20 Å². The fourth-order valence-electron chi connectivity index (χ4n) is 3.92. The van der Waals surface area contributed by atoms with Crippen LogP contribution in [0.4, 0.5) is 5.82 Å². The molecule has 9 nitrogen and oxygen atoms in total. The quantitative estimate of drug-likeness (QED) is 0.475. The topological polar surface area (TPSA) is 140 Å². The number of aliphatic hydroxyl groups excluding tert-OH is 2. The lowest BCUT2D eigenvalue weighted by atomic mass is 10.0. The number of carbonyl (C=O) groups is 1. The van der Waals surface area contributed by atoms with Gasteiger partial charge >= 0.3 is 5.69 Å². The molecule has 1 aliphatic heterocycles. The molecule has 1 fully saturated rings. The number of aliphatic hydroxyl groups is 2. The Bertz CT molecular complexity index is 1170. The van der Waals surface area contributed by atoms with Crippen LogP contribution in [-0.4, -0.2) is 44.5 Å². The average molecular weight is 424 g/mol. The van der Waals surface area contributed by atoms with Gasteiger partial charge in [-0.15, -0.1) is 0 Å². The summed E-state index contributed by atoms with van der Waals surface area (Å²) in [6.07, 6.45) is -1.37. The van der Waals surface area contributed by atoms with Gasteiger partial charge in [-0.3, -0.25) is 9.36 Å². The Morgan fingerprint density at radius 3 is 2.74 bits per heavy atom. The van der Waals surface area contributed by atoms with E-state index in [0.717, 1.165) is 20.9 Å². The third-order valence-corrected chi connectivity index (χ3v) is 5.68. The summed E-state index contributed by atoms with van der Waals surface area (Å²) in [6, 6.07) is 13.7. The Kier molecular flexibility index (Phi) is 5.73. The van der Waals surface area contributed by atoms with Gasteiger partial charge in [0.1, 0.15) is 18.1 Å². The number of benzene rings is 2. The van der Waals surface area contributed by atoms with Crippen LogP contribution in [-0.2, 0) is 11.3 Å². The molecule has 3 aromatic rings. The van der Waals surface area contributed by atoms with Crippen molar-refractivity contribution in [2.45, 2.75) is 31.9 Å². The van der Waals surface area contributed by atoms with Crippen LogP contribution < -0.4 is 16.7 Å². The number of nitrogens with zero attached hydrogens (tertiary/aromatic N) is 2. The van der Waals surface area contributed by atoms with Crippen LogP contribution in [0, 0.1) is 5.92 Å². The van der Waals surface area contributed by atoms with Gasteiger partial charge in [-0.1, -0.05) is 49.4 Å². The zero-order valence-corrected chi connectivity index (χ0v) is 16.9. The van der Waals surface area contributed by atoms with Crippen LogP contribution in [0.2, 0.25) is 0 Å². The number of hydrogen-bond acceptors (Lipinski definition) is 7. The fourth-order valence-corrected chi connectivity index (χ4v) is 3.92. The van der Waals surface area contributed by atoms with Crippen molar-refractivity contribution in [3.63, 3.8) is 0 Å². The third-order valence-electron chi connectivity index (χ3n) is 5.68. The number of amides is 1. The molecule has 4 rings (SSSR count). The number of fused-ring (bicyclic) bond motifs is 1. The van der Waals surface area contributed by atoms with Gasteiger partial charge in [-0.05, 0) is 16.3 Å². The average Bonchev–Trinajstić information content (AvgIpc) is 3.06. The fraction of sp³-hybridized carbons (Fsp3) is 0.318. The first-order chi connectivity index (χ1) is 14.9. The minimum absolute atomic E-state index is 0.0255. The highest BCUT2D eigenvalue weighted by atomic mass is 16.5. The molecule has 5 N–H and O–H groups in total. The van der Waals surface area contributed by atoms with Crippen LogP contribution in [0.5, 0.6) is 0 Å². The minimum atomic E-state index is -0.955. The minimum Gasteiger partial charge on any atom is -0.394 e. The zero-order valence-electron chi connectivity index (χ0n) is 16.9. The molecule has 4 atom stereocenters. The molecule has 2 aromatic carbocycles. The predicted molar refractivity (Wildman–Crippen MR) is 114 cm³/mol. The molecule has 9 heteroatoms. The summed E-state index contributed by atoms with van der Waals surface area (Å²) >= 11 is 0. The highest BCUT2D eigenvalue weighted by Crippen LogP contribution is 2.33. The van der Waals surface area contributed by atoms with Crippen molar-refractivity contribution in [3.05, 3.63) is 70.3 Å². The number of ether oxygens (including phenoxy) is 1. The number of nitrogens with two attached hydrogens (primary N) is 1. The number of aromatic nitrogens is 2. The van der Waals surface area contributed by atoms with E-state index in [2.05, 4.69) is 10.3 Å². The molecule has 0 saturated carbocycles. The zero-order chi connectivity index (χ0) is 22.1. The first-order valence-electron chi connectivity index (χ1n) is 9.98. The molecule has 1 aliphatic rings. The largest absolute Gasteiger partial charge is 0.394 e. The van der Waals surface area contributed by atoms with E-state index in [1.54, 1.807) is 6.92 Å². The van der Waals surface area contributed by atoms with E-state index < -0.39 is 42.6 Å². The Balaban J connectivity index is 1.59. The van der Waals surface area contributed by atoms with Gasteiger partial charge in [-0.25, -0.2) is 4.79 Å². The van der Waals surface area contributed by atoms with Crippen molar-refractivity contribution < 1.29 is 19.7 Å². The van der Waals surface area contributed by atoms with Gasteiger partial charge in [0, 0.05) is 18.7 Å². The van der Waals surface area contributed by atoms with Crippen LogP contribution in [0.3, 0.4) is 0 Å². The summed E-state index contributed by atoms with van der Waals surface area (Å²) in [5.41, 5.74) is 6.11. The van der Waals surface area contributed by atoms with Crippen LogP contribution >= 0.6 is 0 Å². The monoisotopic (exact) mass is 424 g/mol. The number of nitrogen functional groups attached to an aromatic ring is 1. The van der Waals surface area contributed by atoms with E-state index in [4.69, 9.17) is 10.5 Å². The SMILES string of the molecule is C[C@H]1C(O)[C@@H](CO)O[C@H]1n1cc(C(=O)NCc2cccc3ccccc23)c(N)nc1=O. The summed E-state index contributed by atoms with van der Waals surface area (Å²) < 4.78 is 6.74. The van der Waals surface area contributed by atoms with Gasteiger partial charge in [0.15, 0.2) is 0 Å². The second-order valence-electron chi connectivity index (χ2n) is 7.65. The smallest absolute Gasteiger partial charge is 0.351 e. The van der Waals surface area contributed by atoms with E-state index in [1.807, 2.05) is 42.5 Å². The lowest BCUT2D eigenvalue weighted by Gasteiger charge is -2.19. The van der Waals surface area contributed by atoms with Gasteiger partial charge < -0.3 is 26.0 Å². The van der Waals surface area contributed by atoms with Crippen LogP contribution in [0.25, 0.3) is 10.8 Å². The number of anilines is 1. The Morgan fingerprint density at radius 1 is 1.26 bits per heavy atom. The Hall–Kier alpha value is -3.27. The van der Waals surface area contributed by atoms with E-state index in [9.17, 15) is 19.8 Å². The highest BCUT2D eigenvalue weighted by molar-refractivity contribution is 5.98. The van der Waals surface area contributed by atoms with E-state index in [0.29, 0.717) is 0 Å². The molecule has 0 bridgehead atoms. The molecule has 1 aromatic heterocycles. The Labute approximate surface area is 178 Å². The van der Waals surface area contributed by atoms with Gasteiger partial charge in [0.05, 0.1) is 18.3 Å². The maximum Gasteiger partial charge on any atom is 0.351 e. The van der Waals surface area contributed by atoms with Crippen molar-refractivity contribution >= 4 is 22.5 Å². The second-order valence-corrected chi connectivity index (χ2v) is 7.65. The molecule has 1 saturated heterocycles. The van der Waals surface area contributed by atoms with E-state index >= 15 is 0 Å². The van der Waals surface area contributed by atoms with Gasteiger partial charge in [-0.2, -0.15) is 4.98 Å². The predicted octanol–water partition coefficient (Wildman–Crippen LogP) is 0.795. The summed E-state index contributed by atoms with van der Waals surface area (Å²) in [5, 5.41) is 24.5. The molecular weight excluding hydrogens is 400 g/mol. The van der Waals surface area contributed by atoms with Gasteiger partial charge in [0.25, 0.3) is 5.91 Å².